The molecule has 0 atom stereocenters. The maximum Gasteiger partial charge on any atom is 0.143 e. The molecule has 0 amide bonds. The van der Waals surface area contributed by atoms with Crippen molar-refractivity contribution in [3.63, 3.8) is 0 Å². The van der Waals surface area contributed by atoms with E-state index in [4.69, 9.17) is 16.0 Å². The van der Waals surface area contributed by atoms with Crippen LogP contribution in [0.2, 0.25) is 5.02 Å². The Morgan fingerprint density at radius 3 is 1.85 bits per heavy atom. The summed E-state index contributed by atoms with van der Waals surface area (Å²) in [6, 6.07) is 65.2. The number of hydrogen-bond donors (Lipinski definition) is 0. The van der Waals surface area contributed by atoms with Crippen LogP contribution >= 0.6 is 23.4 Å². The van der Waals surface area contributed by atoms with Crippen LogP contribution in [0.3, 0.4) is 0 Å². The lowest BCUT2D eigenvalue weighted by Crippen LogP contribution is -2.32. The van der Waals surface area contributed by atoms with Gasteiger partial charge in [-0.15, -0.1) is 0 Å². The normalized spacial score (nSPS) is 13.5. The molecular formula is C49H30ClNOS. The van der Waals surface area contributed by atoms with Gasteiger partial charge in [0.25, 0.3) is 0 Å². The first-order chi connectivity index (χ1) is 26.2. The van der Waals surface area contributed by atoms with E-state index in [1.165, 1.54) is 32.0 Å². The molecule has 0 saturated carbocycles. The van der Waals surface area contributed by atoms with Gasteiger partial charge in [-0.05, 0) is 82.4 Å². The topological polar surface area (TPSA) is 16.4 Å². The average Bonchev–Trinajstić information content (AvgIpc) is 3.74. The van der Waals surface area contributed by atoms with Crippen molar-refractivity contribution in [3.8, 4) is 22.3 Å². The molecule has 0 bridgehead atoms. The van der Waals surface area contributed by atoms with Gasteiger partial charge in [-0.1, -0.05) is 151 Å². The van der Waals surface area contributed by atoms with Gasteiger partial charge in [0.15, 0.2) is 0 Å². The maximum absolute atomic E-state index is 7.42. The minimum Gasteiger partial charge on any atom is -0.455 e. The molecule has 4 heteroatoms. The summed E-state index contributed by atoms with van der Waals surface area (Å²) in [5, 5.41) is 2.91. The van der Waals surface area contributed by atoms with E-state index < -0.39 is 5.41 Å². The largest absolute Gasteiger partial charge is 0.455 e. The van der Waals surface area contributed by atoms with E-state index in [0.29, 0.717) is 0 Å². The summed E-state index contributed by atoms with van der Waals surface area (Å²) in [6.45, 7) is 0. The van der Waals surface area contributed by atoms with E-state index in [9.17, 15) is 0 Å². The number of anilines is 3. The van der Waals surface area contributed by atoms with E-state index in [2.05, 4.69) is 175 Å². The van der Waals surface area contributed by atoms with Gasteiger partial charge >= 0.3 is 0 Å². The SMILES string of the molecule is Clc1cccc2c1-c1c(N(c3ccccc3)c3cc(-c4ccccc4)c4oc5ccccc5c4c3)cccc1C21c2ccccc2Sc2ccccc21. The number of nitrogens with zero attached hydrogens (tertiary/aromatic N) is 1. The third-order valence-electron chi connectivity index (χ3n) is 11.0. The zero-order valence-corrected chi connectivity index (χ0v) is 30.0. The van der Waals surface area contributed by atoms with E-state index in [1.807, 2.05) is 23.9 Å². The highest BCUT2D eigenvalue weighted by Crippen LogP contribution is 2.65. The number of benzene rings is 8. The van der Waals surface area contributed by atoms with Crippen LogP contribution in [0.1, 0.15) is 22.3 Å². The summed E-state index contributed by atoms with van der Waals surface area (Å²) in [5.41, 5.74) is 13.8. The summed E-state index contributed by atoms with van der Waals surface area (Å²) < 4.78 is 6.62. The number of hydrogen-bond acceptors (Lipinski definition) is 3. The molecule has 2 nitrogen and oxygen atoms in total. The molecule has 0 fully saturated rings. The Morgan fingerprint density at radius 1 is 0.491 bits per heavy atom. The van der Waals surface area contributed by atoms with Crippen molar-refractivity contribution in [2.45, 2.75) is 15.2 Å². The molecule has 0 unspecified atom stereocenters. The van der Waals surface area contributed by atoms with Crippen molar-refractivity contribution in [3.05, 3.63) is 209 Å². The first kappa shape index (κ1) is 30.6. The predicted molar refractivity (Wildman–Crippen MR) is 220 cm³/mol. The van der Waals surface area contributed by atoms with E-state index in [-0.39, 0.29) is 0 Å². The molecule has 0 N–H and O–H groups in total. The molecule has 250 valence electrons. The molecule has 0 radical (unpaired) electrons. The number of para-hydroxylation sites is 2. The van der Waals surface area contributed by atoms with Crippen molar-refractivity contribution in [1.29, 1.82) is 0 Å². The number of fused-ring (bicyclic) bond motifs is 12. The summed E-state index contributed by atoms with van der Waals surface area (Å²) >= 11 is 9.27. The average molecular weight is 716 g/mol. The van der Waals surface area contributed by atoms with Gasteiger partial charge in [0.2, 0.25) is 0 Å². The highest BCUT2D eigenvalue weighted by molar-refractivity contribution is 7.99. The van der Waals surface area contributed by atoms with Gasteiger partial charge in [-0.3, -0.25) is 0 Å². The van der Waals surface area contributed by atoms with Crippen LogP contribution in [-0.4, -0.2) is 0 Å². The zero-order valence-electron chi connectivity index (χ0n) is 28.5. The van der Waals surface area contributed by atoms with Crippen molar-refractivity contribution >= 4 is 62.4 Å². The molecule has 11 rings (SSSR count). The fourth-order valence-corrected chi connectivity index (χ4v) is 10.4. The highest BCUT2D eigenvalue weighted by Gasteiger charge is 2.51. The minimum absolute atomic E-state index is 0.549. The maximum atomic E-state index is 7.42. The molecule has 1 aliphatic heterocycles. The predicted octanol–water partition coefficient (Wildman–Crippen LogP) is 14.2. The van der Waals surface area contributed by atoms with Gasteiger partial charge < -0.3 is 9.32 Å². The molecule has 0 saturated heterocycles. The first-order valence-electron chi connectivity index (χ1n) is 17.9. The summed E-state index contributed by atoms with van der Waals surface area (Å²) in [6.07, 6.45) is 0. The Balaban J connectivity index is 1.27. The molecule has 1 aromatic heterocycles. The Hall–Kier alpha value is -6.00. The van der Waals surface area contributed by atoms with Crippen LogP contribution in [-0.2, 0) is 5.41 Å². The Labute approximate surface area is 316 Å². The zero-order chi connectivity index (χ0) is 35.1. The second-order valence-corrected chi connectivity index (χ2v) is 15.2. The smallest absolute Gasteiger partial charge is 0.143 e. The molecule has 2 aliphatic rings. The van der Waals surface area contributed by atoms with Crippen molar-refractivity contribution in [1.82, 2.24) is 0 Å². The molecule has 2 heterocycles. The van der Waals surface area contributed by atoms with E-state index in [0.717, 1.165) is 66.3 Å². The number of halogens is 1. The monoisotopic (exact) mass is 715 g/mol. The molecule has 1 aliphatic carbocycles. The van der Waals surface area contributed by atoms with Gasteiger partial charge in [-0.2, -0.15) is 0 Å². The summed E-state index contributed by atoms with van der Waals surface area (Å²) in [4.78, 5) is 4.94. The van der Waals surface area contributed by atoms with Crippen LogP contribution in [0.25, 0.3) is 44.2 Å². The number of furan rings is 1. The van der Waals surface area contributed by atoms with Crippen molar-refractivity contribution in [2.75, 3.05) is 4.90 Å². The quantitative estimate of drug-likeness (QED) is 0.180. The molecular weight excluding hydrogens is 686 g/mol. The van der Waals surface area contributed by atoms with Gasteiger partial charge in [0.05, 0.1) is 11.1 Å². The van der Waals surface area contributed by atoms with Crippen LogP contribution in [0, 0.1) is 0 Å². The van der Waals surface area contributed by atoms with Crippen LogP contribution in [0.5, 0.6) is 0 Å². The van der Waals surface area contributed by atoms with Crippen LogP contribution < -0.4 is 4.90 Å². The van der Waals surface area contributed by atoms with Gasteiger partial charge in [0.1, 0.15) is 11.2 Å². The lowest BCUT2D eigenvalue weighted by atomic mass is 9.67. The summed E-state index contributed by atoms with van der Waals surface area (Å²) in [7, 11) is 0. The van der Waals surface area contributed by atoms with Crippen LogP contribution in [0.4, 0.5) is 17.1 Å². The Morgan fingerprint density at radius 2 is 1.09 bits per heavy atom. The molecule has 9 aromatic rings. The minimum atomic E-state index is -0.549. The lowest BCUT2D eigenvalue weighted by Gasteiger charge is -2.39. The van der Waals surface area contributed by atoms with Crippen LogP contribution in [0.15, 0.2) is 196 Å². The fraction of sp³-hybridized carbons (Fsp3) is 0.0204. The van der Waals surface area contributed by atoms with Gasteiger partial charge in [-0.25, -0.2) is 0 Å². The lowest BCUT2D eigenvalue weighted by molar-refractivity contribution is 0.670. The third kappa shape index (κ3) is 4.36. The van der Waals surface area contributed by atoms with E-state index >= 15 is 0 Å². The molecule has 1 spiro atoms. The standard InChI is InChI=1S/C49H30ClNOS/c50-41-24-13-22-39-46(41)47-40(49(39)37-20-8-11-27-44(37)53-45-28-12-9-21-38(45)49)23-14-25-42(47)51(32-17-5-2-6-18-32)33-29-35(31-15-3-1-4-16-31)48-36(30-33)34-19-7-10-26-43(34)52-48/h1-30H. The molecule has 53 heavy (non-hydrogen) atoms. The first-order valence-corrected chi connectivity index (χ1v) is 19.1. The summed E-state index contributed by atoms with van der Waals surface area (Å²) in [5.74, 6) is 0. The second-order valence-electron chi connectivity index (χ2n) is 13.7. The third-order valence-corrected chi connectivity index (χ3v) is 12.4. The van der Waals surface area contributed by atoms with Crippen molar-refractivity contribution in [2.24, 2.45) is 0 Å². The Kier molecular flexibility index (Phi) is 6.79. The number of rotatable bonds is 4. The Bertz CT molecular complexity index is 2850. The molecule has 8 aromatic carbocycles. The van der Waals surface area contributed by atoms with E-state index in [1.54, 1.807) is 0 Å². The van der Waals surface area contributed by atoms with Crippen molar-refractivity contribution < 1.29 is 4.42 Å². The fourth-order valence-electron chi connectivity index (χ4n) is 8.89. The second kappa shape index (κ2) is 11.8. The highest BCUT2D eigenvalue weighted by atomic mass is 35.5. The van der Waals surface area contributed by atoms with Gasteiger partial charge in [0, 0.05) is 53.7 Å².